The highest BCUT2D eigenvalue weighted by atomic mass is 16.5. The summed E-state index contributed by atoms with van der Waals surface area (Å²) in [5, 5.41) is 13.2. The molecule has 0 aromatic carbocycles. The van der Waals surface area contributed by atoms with Gasteiger partial charge in [-0.1, -0.05) is 20.3 Å². The number of nitrogens with one attached hydrogen (secondary N) is 1. The highest BCUT2D eigenvalue weighted by molar-refractivity contribution is 5.11. The second kappa shape index (κ2) is 4.77. The van der Waals surface area contributed by atoms with Crippen LogP contribution in [0.1, 0.15) is 39.5 Å². The van der Waals surface area contributed by atoms with Gasteiger partial charge in [0.05, 0.1) is 6.10 Å². The molecule has 104 valence electrons. The summed E-state index contributed by atoms with van der Waals surface area (Å²) in [6, 6.07) is 0.616. The Bertz CT molecular complexity index is 305. The van der Waals surface area contributed by atoms with Crippen molar-refractivity contribution in [2.45, 2.75) is 51.7 Å². The molecule has 0 aromatic rings. The van der Waals surface area contributed by atoms with Gasteiger partial charge < -0.3 is 15.2 Å². The molecule has 0 aromatic heterocycles. The van der Waals surface area contributed by atoms with Gasteiger partial charge in [0.1, 0.15) is 0 Å². The summed E-state index contributed by atoms with van der Waals surface area (Å²) in [6.07, 6.45) is 5.50. The molecule has 0 spiro atoms. The van der Waals surface area contributed by atoms with Crippen molar-refractivity contribution in [1.82, 2.24) is 5.32 Å². The minimum absolute atomic E-state index is 0.286. The van der Waals surface area contributed by atoms with Gasteiger partial charge in [-0.25, -0.2) is 0 Å². The molecule has 1 heterocycles. The number of hydrogen-bond acceptors (Lipinski definition) is 3. The molecule has 18 heavy (non-hydrogen) atoms. The van der Waals surface area contributed by atoms with E-state index in [1.165, 1.54) is 25.7 Å². The molecular weight excluding hydrogens is 226 g/mol. The van der Waals surface area contributed by atoms with Crippen molar-refractivity contribution < 1.29 is 9.84 Å². The van der Waals surface area contributed by atoms with Gasteiger partial charge in [0.25, 0.3) is 0 Å². The van der Waals surface area contributed by atoms with Crippen molar-refractivity contribution in [2.75, 3.05) is 19.8 Å². The van der Waals surface area contributed by atoms with Crippen LogP contribution in [0.4, 0.5) is 0 Å². The summed E-state index contributed by atoms with van der Waals surface area (Å²) < 4.78 is 5.83. The average Bonchev–Trinajstić information content (AvgIpc) is 2.96. The van der Waals surface area contributed by atoms with Crippen LogP contribution in [0.25, 0.3) is 0 Å². The van der Waals surface area contributed by atoms with Crippen LogP contribution in [-0.4, -0.2) is 37.0 Å². The fourth-order valence-electron chi connectivity index (χ4n) is 4.64. The molecule has 5 unspecified atom stereocenters. The van der Waals surface area contributed by atoms with E-state index in [0.717, 1.165) is 19.1 Å². The largest absolute Gasteiger partial charge is 0.396 e. The van der Waals surface area contributed by atoms with E-state index in [9.17, 15) is 5.11 Å². The highest BCUT2D eigenvalue weighted by Gasteiger charge is 2.59. The summed E-state index contributed by atoms with van der Waals surface area (Å²) in [6.45, 7) is 7.06. The third kappa shape index (κ3) is 1.91. The lowest BCUT2D eigenvalue weighted by molar-refractivity contribution is -0.113. The molecule has 3 nitrogen and oxygen atoms in total. The first-order valence-corrected chi connectivity index (χ1v) is 7.60. The van der Waals surface area contributed by atoms with E-state index < -0.39 is 0 Å². The fourth-order valence-corrected chi connectivity index (χ4v) is 4.64. The molecule has 0 bridgehead atoms. The third-order valence-electron chi connectivity index (χ3n) is 5.75. The quantitative estimate of drug-likeness (QED) is 0.803. The van der Waals surface area contributed by atoms with Crippen LogP contribution in [0.15, 0.2) is 0 Å². The molecule has 3 fully saturated rings. The van der Waals surface area contributed by atoms with Crippen molar-refractivity contribution in [3.63, 3.8) is 0 Å². The van der Waals surface area contributed by atoms with Gasteiger partial charge in [-0.15, -0.1) is 0 Å². The summed E-state index contributed by atoms with van der Waals surface area (Å²) in [4.78, 5) is 0. The summed E-state index contributed by atoms with van der Waals surface area (Å²) in [5.41, 5.74) is 0.286. The van der Waals surface area contributed by atoms with Gasteiger partial charge in [0.2, 0.25) is 0 Å². The van der Waals surface area contributed by atoms with E-state index in [1.54, 1.807) is 0 Å². The Morgan fingerprint density at radius 1 is 1.22 bits per heavy atom. The molecule has 3 aliphatic rings. The van der Waals surface area contributed by atoms with Crippen LogP contribution in [0.3, 0.4) is 0 Å². The molecule has 2 saturated carbocycles. The van der Waals surface area contributed by atoms with Gasteiger partial charge in [-0.2, -0.15) is 0 Å². The number of hydrogen-bond donors (Lipinski definition) is 2. The number of ether oxygens (including phenoxy) is 1. The predicted molar refractivity (Wildman–Crippen MR) is 71.3 cm³/mol. The monoisotopic (exact) mass is 253 g/mol. The smallest absolute Gasteiger partial charge is 0.0685 e. The lowest BCUT2D eigenvalue weighted by Gasteiger charge is -2.55. The van der Waals surface area contributed by atoms with Crippen LogP contribution < -0.4 is 5.32 Å². The Labute approximate surface area is 110 Å². The maximum atomic E-state index is 9.38. The van der Waals surface area contributed by atoms with Crippen molar-refractivity contribution in [3.05, 3.63) is 0 Å². The van der Waals surface area contributed by atoms with Gasteiger partial charge >= 0.3 is 0 Å². The lowest BCUT2D eigenvalue weighted by Crippen LogP contribution is -2.66. The molecular formula is C15H27NO2. The first-order valence-electron chi connectivity index (χ1n) is 7.60. The molecule has 3 heteroatoms. The molecule has 1 saturated heterocycles. The van der Waals surface area contributed by atoms with Crippen LogP contribution in [0, 0.1) is 23.2 Å². The average molecular weight is 253 g/mol. The van der Waals surface area contributed by atoms with Crippen molar-refractivity contribution in [1.29, 1.82) is 0 Å². The Hall–Kier alpha value is -0.120. The van der Waals surface area contributed by atoms with E-state index in [1.807, 2.05) is 0 Å². The van der Waals surface area contributed by atoms with Crippen LogP contribution in [-0.2, 0) is 4.74 Å². The number of aliphatic hydroxyl groups is 1. The van der Waals surface area contributed by atoms with Gasteiger partial charge in [0.15, 0.2) is 0 Å². The Morgan fingerprint density at radius 2 is 2.00 bits per heavy atom. The number of fused-ring (bicyclic) bond motifs is 1. The number of aliphatic hydroxyl groups excluding tert-OH is 1. The minimum atomic E-state index is 0.286. The van der Waals surface area contributed by atoms with E-state index in [4.69, 9.17) is 4.74 Å². The Balaban J connectivity index is 1.54. The Morgan fingerprint density at radius 3 is 2.78 bits per heavy atom. The van der Waals surface area contributed by atoms with Crippen LogP contribution in [0.2, 0.25) is 0 Å². The van der Waals surface area contributed by atoms with Crippen molar-refractivity contribution in [3.8, 4) is 0 Å². The normalized spacial score (nSPS) is 45.8. The molecule has 2 aliphatic carbocycles. The second-order valence-corrected chi connectivity index (χ2v) is 7.08. The van der Waals surface area contributed by atoms with E-state index in [-0.39, 0.29) is 5.41 Å². The highest BCUT2D eigenvalue weighted by Crippen LogP contribution is 2.52. The van der Waals surface area contributed by atoms with E-state index in [0.29, 0.717) is 30.6 Å². The van der Waals surface area contributed by atoms with Crippen LogP contribution in [0.5, 0.6) is 0 Å². The van der Waals surface area contributed by atoms with Gasteiger partial charge in [-0.3, -0.25) is 0 Å². The topological polar surface area (TPSA) is 41.5 Å². The molecule has 1 aliphatic heterocycles. The maximum Gasteiger partial charge on any atom is 0.0685 e. The maximum absolute atomic E-state index is 9.38. The van der Waals surface area contributed by atoms with Gasteiger partial charge in [-0.05, 0) is 37.6 Å². The molecule has 2 N–H and O–H groups in total. The minimum Gasteiger partial charge on any atom is -0.396 e. The third-order valence-corrected chi connectivity index (χ3v) is 5.75. The standard InChI is InChI=1S/C15H27NO2/c1-15(2)13(12-6-7-18-14(12)15)16-8-10-4-3-5-11(10)9-17/h10-14,16-17H,3-9H2,1-2H3. The molecule has 0 amide bonds. The Kier molecular flexibility index (Phi) is 3.41. The SMILES string of the molecule is CC1(C)C(NCC2CCCC2CO)C2CCOC21. The zero-order valence-electron chi connectivity index (χ0n) is 11.7. The summed E-state index contributed by atoms with van der Waals surface area (Å²) in [7, 11) is 0. The first kappa shape index (κ1) is 12.9. The molecule has 3 rings (SSSR count). The van der Waals surface area contributed by atoms with Crippen LogP contribution >= 0.6 is 0 Å². The summed E-state index contributed by atoms with van der Waals surface area (Å²) in [5.74, 6) is 1.96. The predicted octanol–water partition coefficient (Wildman–Crippen LogP) is 1.80. The van der Waals surface area contributed by atoms with E-state index in [2.05, 4.69) is 19.2 Å². The second-order valence-electron chi connectivity index (χ2n) is 7.08. The summed E-state index contributed by atoms with van der Waals surface area (Å²) >= 11 is 0. The first-order chi connectivity index (χ1) is 8.64. The zero-order valence-corrected chi connectivity index (χ0v) is 11.7. The molecule has 5 atom stereocenters. The number of rotatable bonds is 4. The van der Waals surface area contributed by atoms with Crippen molar-refractivity contribution >= 4 is 0 Å². The lowest BCUT2D eigenvalue weighted by atomic mass is 9.57. The van der Waals surface area contributed by atoms with Crippen molar-refractivity contribution in [2.24, 2.45) is 23.2 Å². The molecule has 0 radical (unpaired) electrons. The van der Waals surface area contributed by atoms with E-state index >= 15 is 0 Å². The zero-order chi connectivity index (χ0) is 12.8. The fraction of sp³-hybridized carbons (Fsp3) is 1.00. The van der Waals surface area contributed by atoms with Gasteiger partial charge in [0, 0.05) is 30.6 Å².